The molecule has 3 aromatic carbocycles. The van der Waals surface area contributed by atoms with E-state index in [4.69, 9.17) is 9.15 Å². The fourth-order valence-corrected chi connectivity index (χ4v) is 3.12. The van der Waals surface area contributed by atoms with Gasteiger partial charge in [0.05, 0.1) is 11.2 Å². The third kappa shape index (κ3) is 4.81. The molecule has 160 valence electrons. The Balaban J connectivity index is 1.40. The molecule has 1 heterocycles. The summed E-state index contributed by atoms with van der Waals surface area (Å²) in [5, 5.41) is 4.23. The van der Waals surface area contributed by atoms with E-state index in [-0.39, 0.29) is 6.54 Å². The van der Waals surface area contributed by atoms with Crippen LogP contribution < -0.4 is 11.2 Å². The van der Waals surface area contributed by atoms with Crippen molar-refractivity contribution < 1.29 is 18.7 Å². The highest BCUT2D eigenvalue weighted by atomic mass is 16.5. The number of esters is 1. The molecule has 0 bridgehead atoms. The van der Waals surface area contributed by atoms with Gasteiger partial charge in [-0.25, -0.2) is 10.2 Å². The number of fused-ring (bicyclic) bond motifs is 1. The van der Waals surface area contributed by atoms with E-state index in [2.05, 4.69) is 10.5 Å². The standard InChI is InChI=1S/C24H19N3O5/c28-21(16-31-22(29)15-27-19-13-7-8-14-20(19)32-24(27)30)25-26-23(17-9-3-1-4-10-17)18-11-5-2-6-12-18/h1-14H,15-16H2,(H,25,28). The molecule has 1 N–H and O–H groups in total. The normalized spacial score (nSPS) is 10.5. The molecule has 0 aliphatic heterocycles. The van der Waals surface area contributed by atoms with Crippen molar-refractivity contribution in [3.05, 3.63) is 107 Å². The summed E-state index contributed by atoms with van der Waals surface area (Å²) in [6, 6.07) is 25.5. The number of carbonyl (C=O) groups is 2. The van der Waals surface area contributed by atoms with Gasteiger partial charge in [-0.05, 0) is 12.1 Å². The zero-order valence-corrected chi connectivity index (χ0v) is 16.9. The summed E-state index contributed by atoms with van der Waals surface area (Å²) in [6.45, 7) is -0.907. The molecule has 0 fully saturated rings. The second-order valence-electron chi connectivity index (χ2n) is 6.81. The summed E-state index contributed by atoms with van der Waals surface area (Å²) >= 11 is 0. The second kappa shape index (κ2) is 9.57. The first-order chi connectivity index (χ1) is 15.6. The van der Waals surface area contributed by atoms with Gasteiger partial charge in [-0.1, -0.05) is 72.8 Å². The number of aromatic nitrogens is 1. The number of amides is 1. The van der Waals surface area contributed by atoms with Gasteiger partial charge < -0.3 is 9.15 Å². The molecule has 4 aromatic rings. The summed E-state index contributed by atoms with van der Waals surface area (Å²) in [5.74, 6) is -2.02. The summed E-state index contributed by atoms with van der Waals surface area (Å²) in [7, 11) is 0. The lowest BCUT2D eigenvalue weighted by Gasteiger charge is -2.08. The second-order valence-corrected chi connectivity index (χ2v) is 6.81. The van der Waals surface area contributed by atoms with Crippen molar-refractivity contribution in [2.45, 2.75) is 6.54 Å². The van der Waals surface area contributed by atoms with Crippen LogP contribution in [0.3, 0.4) is 0 Å². The maximum absolute atomic E-state index is 12.2. The van der Waals surface area contributed by atoms with Crippen LogP contribution >= 0.6 is 0 Å². The van der Waals surface area contributed by atoms with Crippen LogP contribution in [0.4, 0.5) is 0 Å². The van der Waals surface area contributed by atoms with Gasteiger partial charge in [0.15, 0.2) is 12.2 Å². The lowest BCUT2D eigenvalue weighted by Crippen LogP contribution is -2.28. The fraction of sp³-hybridized carbons (Fsp3) is 0.0833. The number of hydrogen-bond donors (Lipinski definition) is 1. The van der Waals surface area contributed by atoms with Crippen LogP contribution in [0.2, 0.25) is 0 Å². The van der Waals surface area contributed by atoms with E-state index < -0.39 is 24.2 Å². The number of ether oxygens (including phenoxy) is 1. The van der Waals surface area contributed by atoms with Crippen molar-refractivity contribution in [3.63, 3.8) is 0 Å². The van der Waals surface area contributed by atoms with Crippen LogP contribution in [0.1, 0.15) is 11.1 Å². The Hall–Kier alpha value is -4.46. The predicted octanol–water partition coefficient (Wildman–Crippen LogP) is 2.71. The Labute approximate surface area is 182 Å². The highest BCUT2D eigenvalue weighted by molar-refractivity contribution is 6.13. The van der Waals surface area contributed by atoms with Gasteiger partial charge in [-0.2, -0.15) is 5.10 Å². The van der Waals surface area contributed by atoms with E-state index in [9.17, 15) is 14.4 Å². The number of carbonyl (C=O) groups excluding carboxylic acids is 2. The lowest BCUT2D eigenvalue weighted by atomic mass is 10.0. The van der Waals surface area contributed by atoms with E-state index in [1.54, 1.807) is 24.3 Å². The van der Waals surface area contributed by atoms with Gasteiger partial charge in [0.2, 0.25) is 0 Å². The summed E-state index contributed by atoms with van der Waals surface area (Å²) in [4.78, 5) is 36.3. The van der Waals surface area contributed by atoms with Gasteiger partial charge in [-0.3, -0.25) is 14.2 Å². The van der Waals surface area contributed by atoms with Crippen LogP contribution in [0.25, 0.3) is 11.1 Å². The summed E-state index contributed by atoms with van der Waals surface area (Å²) in [6.07, 6.45) is 0. The molecule has 32 heavy (non-hydrogen) atoms. The van der Waals surface area contributed by atoms with Crippen LogP contribution in [0.15, 0.2) is 99.2 Å². The predicted molar refractivity (Wildman–Crippen MR) is 118 cm³/mol. The van der Waals surface area contributed by atoms with Gasteiger partial charge in [0, 0.05) is 11.1 Å². The molecular formula is C24H19N3O5. The molecule has 0 saturated heterocycles. The van der Waals surface area contributed by atoms with Crippen molar-refractivity contribution in [2.24, 2.45) is 5.10 Å². The molecular weight excluding hydrogens is 410 g/mol. The van der Waals surface area contributed by atoms with Crippen molar-refractivity contribution in [1.82, 2.24) is 9.99 Å². The van der Waals surface area contributed by atoms with Gasteiger partial charge in [-0.15, -0.1) is 0 Å². The highest BCUT2D eigenvalue weighted by Gasteiger charge is 2.15. The molecule has 0 radical (unpaired) electrons. The maximum atomic E-state index is 12.2. The van der Waals surface area contributed by atoms with Crippen molar-refractivity contribution in [2.75, 3.05) is 6.61 Å². The van der Waals surface area contributed by atoms with E-state index in [1.165, 1.54) is 0 Å². The number of benzene rings is 3. The largest absolute Gasteiger partial charge is 0.454 e. The Morgan fingerprint density at radius 2 is 1.47 bits per heavy atom. The average Bonchev–Trinajstić information content (AvgIpc) is 3.14. The SMILES string of the molecule is O=C(COC(=O)Cn1c(=O)oc2ccccc21)NN=C(c1ccccc1)c1ccccc1. The Kier molecular flexibility index (Phi) is 6.22. The minimum Gasteiger partial charge on any atom is -0.454 e. The van der Waals surface area contributed by atoms with Crippen LogP contribution in [0, 0.1) is 0 Å². The Morgan fingerprint density at radius 3 is 2.12 bits per heavy atom. The number of rotatable bonds is 7. The fourth-order valence-electron chi connectivity index (χ4n) is 3.12. The monoisotopic (exact) mass is 429 g/mol. The van der Waals surface area contributed by atoms with Gasteiger partial charge in [0.1, 0.15) is 6.54 Å². The molecule has 0 saturated carbocycles. The molecule has 1 aromatic heterocycles. The Bertz CT molecular complexity index is 1280. The van der Waals surface area contributed by atoms with E-state index in [0.717, 1.165) is 15.7 Å². The number of nitrogens with one attached hydrogen (secondary N) is 1. The van der Waals surface area contributed by atoms with E-state index in [1.807, 2.05) is 60.7 Å². The maximum Gasteiger partial charge on any atom is 0.420 e. The summed E-state index contributed by atoms with van der Waals surface area (Å²) < 4.78 is 11.2. The molecule has 0 spiro atoms. The molecule has 0 atom stereocenters. The first-order valence-corrected chi connectivity index (χ1v) is 9.83. The number of oxazole rings is 1. The molecule has 1 amide bonds. The highest BCUT2D eigenvalue weighted by Crippen LogP contribution is 2.12. The van der Waals surface area contributed by atoms with Crippen LogP contribution in [-0.4, -0.2) is 28.8 Å². The van der Waals surface area contributed by atoms with Gasteiger partial charge >= 0.3 is 11.7 Å². The third-order valence-electron chi connectivity index (χ3n) is 4.61. The number of hydrogen-bond acceptors (Lipinski definition) is 6. The van der Waals surface area contributed by atoms with Crippen molar-refractivity contribution >= 4 is 28.7 Å². The number of para-hydroxylation sites is 2. The molecule has 0 unspecified atom stereocenters. The van der Waals surface area contributed by atoms with E-state index >= 15 is 0 Å². The third-order valence-corrected chi connectivity index (χ3v) is 4.61. The number of nitrogens with zero attached hydrogens (tertiary/aromatic N) is 2. The van der Waals surface area contributed by atoms with Crippen molar-refractivity contribution in [1.29, 1.82) is 0 Å². The lowest BCUT2D eigenvalue weighted by molar-refractivity contribution is -0.149. The first-order valence-electron chi connectivity index (χ1n) is 9.83. The first kappa shape index (κ1) is 20.8. The van der Waals surface area contributed by atoms with E-state index in [0.29, 0.717) is 16.8 Å². The van der Waals surface area contributed by atoms with Crippen LogP contribution in [-0.2, 0) is 20.9 Å². The minimum atomic E-state index is -0.746. The number of hydrazone groups is 1. The smallest absolute Gasteiger partial charge is 0.420 e. The zero-order chi connectivity index (χ0) is 22.3. The Morgan fingerprint density at radius 1 is 0.875 bits per heavy atom. The molecule has 0 aliphatic rings. The van der Waals surface area contributed by atoms with Gasteiger partial charge in [0.25, 0.3) is 5.91 Å². The minimum absolute atomic E-state index is 0.367. The average molecular weight is 429 g/mol. The molecule has 0 aliphatic carbocycles. The van der Waals surface area contributed by atoms with Crippen molar-refractivity contribution in [3.8, 4) is 0 Å². The topological polar surface area (TPSA) is 103 Å². The summed E-state index contributed by atoms with van der Waals surface area (Å²) in [5.41, 5.74) is 5.47. The van der Waals surface area contributed by atoms with Crippen LogP contribution in [0.5, 0.6) is 0 Å². The molecule has 4 rings (SSSR count). The molecule has 8 nitrogen and oxygen atoms in total. The molecule has 8 heteroatoms. The quantitative estimate of drug-likeness (QED) is 0.276. The zero-order valence-electron chi connectivity index (χ0n) is 16.9.